The molecule has 0 aromatic heterocycles. The van der Waals surface area contributed by atoms with Gasteiger partial charge < -0.3 is 10.5 Å². The van der Waals surface area contributed by atoms with Crippen LogP contribution in [-0.4, -0.2) is 37.2 Å². The smallest absolute Gasteiger partial charge is 0.130 e. The Balaban J connectivity index is 2.05. The molecule has 0 aliphatic carbocycles. The molecule has 112 valence electrons. The molecule has 0 spiro atoms. The van der Waals surface area contributed by atoms with Gasteiger partial charge >= 0.3 is 0 Å². The summed E-state index contributed by atoms with van der Waals surface area (Å²) in [6.07, 6.45) is 2.13. The normalized spacial score (nSPS) is 19.2. The van der Waals surface area contributed by atoms with E-state index in [1.807, 2.05) is 6.92 Å². The van der Waals surface area contributed by atoms with Gasteiger partial charge in [-0.1, -0.05) is 6.07 Å². The largest absolute Gasteiger partial charge is 0.378 e. The van der Waals surface area contributed by atoms with Crippen molar-refractivity contribution < 1.29 is 13.5 Å². The summed E-state index contributed by atoms with van der Waals surface area (Å²) < 4.78 is 32.5. The first-order valence-electron chi connectivity index (χ1n) is 7.16. The summed E-state index contributed by atoms with van der Waals surface area (Å²) in [6, 6.07) is 3.51. The second kappa shape index (κ2) is 7.11. The molecule has 1 aromatic carbocycles. The van der Waals surface area contributed by atoms with Gasteiger partial charge in [0, 0.05) is 43.9 Å². The second-order valence-corrected chi connectivity index (χ2v) is 5.11. The minimum Gasteiger partial charge on any atom is -0.378 e. The molecular weight excluding hydrogens is 262 g/mol. The Hall–Kier alpha value is -1.04. The molecule has 1 unspecified atom stereocenters. The second-order valence-electron chi connectivity index (χ2n) is 5.11. The molecule has 1 fully saturated rings. The van der Waals surface area contributed by atoms with E-state index in [0.717, 1.165) is 38.6 Å². The molecule has 1 aromatic rings. The molecule has 0 bridgehead atoms. The summed E-state index contributed by atoms with van der Waals surface area (Å²) in [6.45, 7) is 4.68. The van der Waals surface area contributed by atoms with Crippen molar-refractivity contribution in [3.63, 3.8) is 0 Å². The maximum Gasteiger partial charge on any atom is 0.130 e. The fraction of sp³-hybridized carbons (Fsp3) is 0.600. The van der Waals surface area contributed by atoms with Crippen LogP contribution in [0.2, 0.25) is 0 Å². The van der Waals surface area contributed by atoms with Crippen LogP contribution in [0.5, 0.6) is 0 Å². The summed E-state index contributed by atoms with van der Waals surface area (Å²) in [7, 11) is 0. The monoisotopic (exact) mass is 284 g/mol. The molecule has 0 saturated carbocycles. The van der Waals surface area contributed by atoms with Gasteiger partial charge in [0.15, 0.2) is 0 Å². The average molecular weight is 284 g/mol. The molecule has 1 saturated heterocycles. The summed E-state index contributed by atoms with van der Waals surface area (Å²) in [4.78, 5) is 2.16. The standard InChI is InChI=1S/C15H22F2N2O/c1-2-20-12-5-7-19(8-6-12)15(10-18)13-4-3-11(16)9-14(13)17/h3-4,9,12,15H,2,5-8,10,18H2,1H3. The Morgan fingerprint density at radius 3 is 2.60 bits per heavy atom. The van der Waals surface area contributed by atoms with Gasteiger partial charge in [0.2, 0.25) is 0 Å². The van der Waals surface area contributed by atoms with Crippen molar-refractivity contribution in [3.8, 4) is 0 Å². The van der Waals surface area contributed by atoms with Crippen molar-refractivity contribution >= 4 is 0 Å². The number of rotatable bonds is 5. The Morgan fingerprint density at radius 2 is 2.05 bits per heavy atom. The molecule has 3 nitrogen and oxygen atoms in total. The van der Waals surface area contributed by atoms with E-state index >= 15 is 0 Å². The zero-order valence-electron chi connectivity index (χ0n) is 11.8. The molecule has 1 aliphatic rings. The summed E-state index contributed by atoms with van der Waals surface area (Å²) in [5.41, 5.74) is 6.28. The predicted octanol–water partition coefficient (Wildman–Crippen LogP) is 2.47. The molecule has 20 heavy (non-hydrogen) atoms. The van der Waals surface area contributed by atoms with Crippen LogP contribution in [-0.2, 0) is 4.74 Å². The van der Waals surface area contributed by atoms with E-state index < -0.39 is 11.6 Å². The van der Waals surface area contributed by atoms with E-state index in [-0.39, 0.29) is 12.1 Å². The van der Waals surface area contributed by atoms with Gasteiger partial charge in [-0.25, -0.2) is 8.78 Å². The quantitative estimate of drug-likeness (QED) is 0.902. The maximum absolute atomic E-state index is 13.9. The van der Waals surface area contributed by atoms with E-state index in [4.69, 9.17) is 10.5 Å². The van der Waals surface area contributed by atoms with Gasteiger partial charge in [-0.2, -0.15) is 0 Å². The highest BCUT2D eigenvalue weighted by molar-refractivity contribution is 5.22. The van der Waals surface area contributed by atoms with E-state index in [9.17, 15) is 8.78 Å². The average Bonchev–Trinajstić information content (AvgIpc) is 2.44. The van der Waals surface area contributed by atoms with Crippen LogP contribution in [0.1, 0.15) is 31.4 Å². The lowest BCUT2D eigenvalue weighted by Crippen LogP contribution is -2.42. The number of ether oxygens (including phenoxy) is 1. The molecule has 1 heterocycles. The van der Waals surface area contributed by atoms with Crippen LogP contribution in [0.25, 0.3) is 0 Å². The van der Waals surface area contributed by atoms with Crippen LogP contribution in [0.15, 0.2) is 18.2 Å². The SMILES string of the molecule is CCOC1CCN(C(CN)c2ccc(F)cc2F)CC1. The fourth-order valence-corrected chi connectivity index (χ4v) is 2.83. The number of nitrogens with two attached hydrogens (primary N) is 1. The highest BCUT2D eigenvalue weighted by Gasteiger charge is 2.27. The van der Waals surface area contributed by atoms with Crippen molar-refractivity contribution in [1.29, 1.82) is 0 Å². The van der Waals surface area contributed by atoms with Crippen molar-refractivity contribution in [2.24, 2.45) is 5.73 Å². The molecule has 5 heteroatoms. The molecular formula is C15H22F2N2O. The predicted molar refractivity (Wildman–Crippen MR) is 74.4 cm³/mol. The first kappa shape index (κ1) is 15.4. The van der Waals surface area contributed by atoms with Crippen molar-refractivity contribution in [2.45, 2.75) is 31.9 Å². The summed E-state index contributed by atoms with van der Waals surface area (Å²) >= 11 is 0. The lowest BCUT2D eigenvalue weighted by Gasteiger charge is -2.37. The zero-order chi connectivity index (χ0) is 14.5. The van der Waals surface area contributed by atoms with Crippen molar-refractivity contribution in [2.75, 3.05) is 26.2 Å². The number of piperidine rings is 1. The van der Waals surface area contributed by atoms with Crippen molar-refractivity contribution in [1.82, 2.24) is 4.90 Å². The molecule has 2 N–H and O–H groups in total. The van der Waals surface area contributed by atoms with Gasteiger partial charge in [-0.3, -0.25) is 4.90 Å². The molecule has 1 atom stereocenters. The minimum absolute atomic E-state index is 0.196. The zero-order valence-corrected chi connectivity index (χ0v) is 11.8. The first-order valence-corrected chi connectivity index (χ1v) is 7.16. The van der Waals surface area contributed by atoms with E-state index in [1.165, 1.54) is 12.1 Å². The Labute approximate surface area is 118 Å². The van der Waals surface area contributed by atoms with Crippen LogP contribution < -0.4 is 5.73 Å². The number of hydrogen-bond acceptors (Lipinski definition) is 3. The van der Waals surface area contributed by atoms with E-state index in [1.54, 1.807) is 0 Å². The van der Waals surface area contributed by atoms with Gasteiger partial charge in [-0.15, -0.1) is 0 Å². The lowest BCUT2D eigenvalue weighted by atomic mass is 10.00. The Kier molecular flexibility index (Phi) is 5.46. The lowest BCUT2D eigenvalue weighted by molar-refractivity contribution is 0.00418. The highest BCUT2D eigenvalue weighted by atomic mass is 19.1. The van der Waals surface area contributed by atoms with Crippen molar-refractivity contribution in [3.05, 3.63) is 35.4 Å². The molecule has 1 aliphatic heterocycles. The van der Waals surface area contributed by atoms with E-state index in [0.29, 0.717) is 12.1 Å². The third-order valence-electron chi connectivity index (χ3n) is 3.86. The number of hydrogen-bond donors (Lipinski definition) is 1. The van der Waals surface area contributed by atoms with Gasteiger partial charge in [0.05, 0.1) is 6.10 Å². The summed E-state index contributed by atoms with van der Waals surface area (Å²) in [5.74, 6) is -1.08. The number of nitrogens with zero attached hydrogens (tertiary/aromatic N) is 1. The van der Waals surface area contributed by atoms with Crippen LogP contribution in [0, 0.1) is 11.6 Å². The molecule has 0 amide bonds. The van der Waals surface area contributed by atoms with Gasteiger partial charge in [-0.05, 0) is 25.8 Å². The Morgan fingerprint density at radius 1 is 1.35 bits per heavy atom. The molecule has 2 rings (SSSR count). The van der Waals surface area contributed by atoms with Crippen LogP contribution in [0.3, 0.4) is 0 Å². The minimum atomic E-state index is -0.558. The summed E-state index contributed by atoms with van der Waals surface area (Å²) in [5, 5.41) is 0. The first-order chi connectivity index (χ1) is 9.65. The molecule has 0 radical (unpaired) electrons. The maximum atomic E-state index is 13.9. The van der Waals surface area contributed by atoms with Crippen LogP contribution in [0.4, 0.5) is 8.78 Å². The number of benzene rings is 1. The number of likely N-dealkylation sites (tertiary alicyclic amines) is 1. The Bertz CT molecular complexity index is 434. The highest BCUT2D eigenvalue weighted by Crippen LogP contribution is 2.27. The van der Waals surface area contributed by atoms with Gasteiger partial charge in [0.25, 0.3) is 0 Å². The third kappa shape index (κ3) is 3.53. The van der Waals surface area contributed by atoms with Gasteiger partial charge in [0.1, 0.15) is 11.6 Å². The topological polar surface area (TPSA) is 38.5 Å². The van der Waals surface area contributed by atoms with E-state index in [2.05, 4.69) is 4.90 Å². The van der Waals surface area contributed by atoms with Crippen LogP contribution >= 0.6 is 0 Å². The third-order valence-corrected chi connectivity index (χ3v) is 3.86. The number of halogens is 2. The fourth-order valence-electron chi connectivity index (χ4n) is 2.83.